The van der Waals surface area contributed by atoms with Crippen molar-refractivity contribution in [2.75, 3.05) is 16.3 Å². The average molecular weight is 373 g/mol. The van der Waals surface area contributed by atoms with E-state index in [4.69, 9.17) is 23.2 Å². The molecule has 8 heteroatoms. The summed E-state index contributed by atoms with van der Waals surface area (Å²) in [6.45, 7) is 1.81. The van der Waals surface area contributed by atoms with E-state index in [2.05, 4.69) is 10.0 Å². The molecule has 2 aromatic carbocycles. The number of rotatable bonds is 4. The van der Waals surface area contributed by atoms with Crippen LogP contribution in [0.1, 0.15) is 15.9 Å². The Morgan fingerprint density at radius 1 is 1.09 bits per heavy atom. The van der Waals surface area contributed by atoms with E-state index < -0.39 is 15.9 Å². The van der Waals surface area contributed by atoms with Gasteiger partial charge in [0.2, 0.25) is 10.0 Å². The molecule has 2 rings (SSSR count). The minimum absolute atomic E-state index is 0.162. The van der Waals surface area contributed by atoms with Crippen molar-refractivity contribution in [1.29, 1.82) is 0 Å². The Morgan fingerprint density at radius 3 is 2.39 bits per heavy atom. The molecule has 0 saturated carbocycles. The molecule has 0 aliphatic carbocycles. The Balaban J connectivity index is 2.29. The molecule has 2 aromatic rings. The summed E-state index contributed by atoms with van der Waals surface area (Å²) < 4.78 is 24.9. The number of halogens is 2. The molecule has 0 fully saturated rings. The predicted molar refractivity (Wildman–Crippen MR) is 94.1 cm³/mol. The van der Waals surface area contributed by atoms with Gasteiger partial charge in [0.05, 0.1) is 16.8 Å². The van der Waals surface area contributed by atoms with E-state index in [0.29, 0.717) is 10.7 Å². The summed E-state index contributed by atoms with van der Waals surface area (Å²) >= 11 is 11.9. The van der Waals surface area contributed by atoms with Gasteiger partial charge in [-0.05, 0) is 48.9 Å². The van der Waals surface area contributed by atoms with Gasteiger partial charge in [-0.25, -0.2) is 8.42 Å². The first-order valence-corrected chi connectivity index (χ1v) is 9.15. The number of sulfonamides is 1. The zero-order chi connectivity index (χ0) is 17.2. The molecule has 0 unspecified atom stereocenters. The predicted octanol–water partition coefficient (Wildman–Crippen LogP) is 3.93. The first-order chi connectivity index (χ1) is 10.7. The molecular formula is C15H14Cl2N2O3S. The normalized spacial score (nSPS) is 11.1. The van der Waals surface area contributed by atoms with E-state index in [1.54, 1.807) is 18.2 Å². The summed E-state index contributed by atoms with van der Waals surface area (Å²) in [5, 5.41) is 3.51. The minimum Gasteiger partial charge on any atom is -0.322 e. The number of amides is 1. The van der Waals surface area contributed by atoms with Crippen LogP contribution in [-0.2, 0) is 10.0 Å². The number of hydrogen-bond donors (Lipinski definition) is 2. The van der Waals surface area contributed by atoms with Crippen LogP contribution in [0.2, 0.25) is 10.0 Å². The van der Waals surface area contributed by atoms with Gasteiger partial charge in [0, 0.05) is 16.4 Å². The van der Waals surface area contributed by atoms with Crippen LogP contribution < -0.4 is 10.0 Å². The fourth-order valence-corrected chi connectivity index (χ4v) is 2.92. The van der Waals surface area contributed by atoms with Gasteiger partial charge < -0.3 is 5.32 Å². The Bertz CT molecular complexity index is 867. The van der Waals surface area contributed by atoms with Gasteiger partial charge in [0.15, 0.2) is 0 Å². The van der Waals surface area contributed by atoms with Crippen LogP contribution in [0.25, 0.3) is 0 Å². The lowest BCUT2D eigenvalue weighted by Gasteiger charge is -2.11. The number of benzene rings is 2. The minimum atomic E-state index is -3.44. The summed E-state index contributed by atoms with van der Waals surface area (Å²) in [5.74, 6) is -0.447. The van der Waals surface area contributed by atoms with Gasteiger partial charge in [0.25, 0.3) is 5.91 Å². The van der Waals surface area contributed by atoms with E-state index in [1.165, 1.54) is 18.2 Å². The molecule has 2 N–H and O–H groups in total. The van der Waals surface area contributed by atoms with Gasteiger partial charge in [-0.1, -0.05) is 23.2 Å². The van der Waals surface area contributed by atoms with Crippen molar-refractivity contribution < 1.29 is 13.2 Å². The van der Waals surface area contributed by atoms with Crippen molar-refractivity contribution in [2.45, 2.75) is 6.92 Å². The molecule has 0 aliphatic rings. The first kappa shape index (κ1) is 17.6. The summed E-state index contributed by atoms with van der Waals surface area (Å²) in [4.78, 5) is 12.4. The van der Waals surface area contributed by atoms with Gasteiger partial charge in [-0.3, -0.25) is 9.52 Å². The fourth-order valence-electron chi connectivity index (χ4n) is 1.93. The van der Waals surface area contributed by atoms with Crippen LogP contribution >= 0.6 is 23.2 Å². The molecule has 0 heterocycles. The highest BCUT2D eigenvalue weighted by molar-refractivity contribution is 7.92. The van der Waals surface area contributed by atoms with Crippen LogP contribution in [-0.4, -0.2) is 20.6 Å². The fraction of sp³-hybridized carbons (Fsp3) is 0.133. The lowest BCUT2D eigenvalue weighted by molar-refractivity contribution is 0.102. The maximum absolute atomic E-state index is 12.4. The maximum atomic E-state index is 12.4. The number of anilines is 2. The van der Waals surface area contributed by atoms with Crippen LogP contribution in [0, 0.1) is 6.92 Å². The molecule has 0 aromatic heterocycles. The Hall–Kier alpha value is -1.76. The van der Waals surface area contributed by atoms with Gasteiger partial charge in [0.1, 0.15) is 0 Å². The summed E-state index contributed by atoms with van der Waals surface area (Å²) in [6, 6.07) is 9.38. The second-order valence-electron chi connectivity index (χ2n) is 4.98. The number of carbonyl (C=O) groups excluding carboxylic acids is 1. The standard InChI is InChI=1S/C15H14Cl2N2O3S/c1-9-7-10(16)3-6-14(9)18-15(20)12-8-11(4-5-13(12)17)19-23(2,21)22/h3-8,19H,1-2H3,(H,18,20). The summed E-state index contributed by atoms with van der Waals surface area (Å²) in [7, 11) is -3.44. The van der Waals surface area contributed by atoms with Crippen LogP contribution in [0.3, 0.4) is 0 Å². The molecule has 0 spiro atoms. The van der Waals surface area contributed by atoms with Crippen molar-refractivity contribution in [3.05, 3.63) is 57.6 Å². The maximum Gasteiger partial charge on any atom is 0.257 e. The van der Waals surface area contributed by atoms with Gasteiger partial charge in [-0.2, -0.15) is 0 Å². The third-order valence-corrected chi connectivity index (χ3v) is 4.12. The third kappa shape index (κ3) is 4.86. The molecule has 0 atom stereocenters. The molecular weight excluding hydrogens is 359 g/mol. The van der Waals surface area contributed by atoms with E-state index in [-0.39, 0.29) is 16.3 Å². The topological polar surface area (TPSA) is 75.3 Å². The highest BCUT2D eigenvalue weighted by Gasteiger charge is 2.14. The monoisotopic (exact) mass is 372 g/mol. The molecule has 0 bridgehead atoms. The second kappa shape index (κ2) is 6.78. The van der Waals surface area contributed by atoms with E-state index in [0.717, 1.165) is 11.8 Å². The summed E-state index contributed by atoms with van der Waals surface area (Å²) in [6.07, 6.45) is 1.03. The van der Waals surface area contributed by atoms with Crippen molar-refractivity contribution in [3.8, 4) is 0 Å². The van der Waals surface area contributed by atoms with Crippen molar-refractivity contribution in [1.82, 2.24) is 0 Å². The Morgan fingerprint density at radius 2 is 1.78 bits per heavy atom. The molecule has 0 aliphatic heterocycles. The van der Waals surface area contributed by atoms with E-state index in [1.807, 2.05) is 6.92 Å². The highest BCUT2D eigenvalue weighted by atomic mass is 35.5. The largest absolute Gasteiger partial charge is 0.322 e. The quantitative estimate of drug-likeness (QED) is 0.853. The Labute approximate surface area is 144 Å². The lowest BCUT2D eigenvalue weighted by atomic mass is 10.1. The SMILES string of the molecule is Cc1cc(Cl)ccc1NC(=O)c1cc(NS(C)(=O)=O)ccc1Cl. The van der Waals surface area contributed by atoms with Gasteiger partial charge >= 0.3 is 0 Å². The zero-order valence-corrected chi connectivity index (χ0v) is 14.7. The van der Waals surface area contributed by atoms with Gasteiger partial charge in [-0.15, -0.1) is 0 Å². The average Bonchev–Trinajstić information content (AvgIpc) is 2.42. The molecule has 0 radical (unpaired) electrons. The smallest absolute Gasteiger partial charge is 0.257 e. The molecule has 0 saturated heterocycles. The van der Waals surface area contributed by atoms with Crippen LogP contribution in [0.15, 0.2) is 36.4 Å². The number of carbonyl (C=O) groups is 1. The Kier molecular flexibility index (Phi) is 5.19. The summed E-state index contributed by atoms with van der Waals surface area (Å²) in [5.41, 5.74) is 1.81. The second-order valence-corrected chi connectivity index (χ2v) is 7.57. The molecule has 122 valence electrons. The number of nitrogens with one attached hydrogen (secondary N) is 2. The highest BCUT2D eigenvalue weighted by Crippen LogP contribution is 2.24. The van der Waals surface area contributed by atoms with Crippen molar-refractivity contribution in [2.24, 2.45) is 0 Å². The van der Waals surface area contributed by atoms with E-state index >= 15 is 0 Å². The first-order valence-electron chi connectivity index (χ1n) is 6.50. The lowest BCUT2D eigenvalue weighted by Crippen LogP contribution is -2.15. The zero-order valence-electron chi connectivity index (χ0n) is 12.4. The molecule has 5 nitrogen and oxygen atoms in total. The molecule has 23 heavy (non-hydrogen) atoms. The molecule has 1 amide bonds. The van der Waals surface area contributed by atoms with Crippen LogP contribution in [0.4, 0.5) is 11.4 Å². The van der Waals surface area contributed by atoms with Crippen LogP contribution in [0.5, 0.6) is 0 Å². The number of aryl methyl sites for hydroxylation is 1. The van der Waals surface area contributed by atoms with E-state index in [9.17, 15) is 13.2 Å². The number of hydrogen-bond acceptors (Lipinski definition) is 3. The van der Waals surface area contributed by atoms with Crippen molar-refractivity contribution in [3.63, 3.8) is 0 Å². The third-order valence-electron chi connectivity index (χ3n) is 2.95. The van der Waals surface area contributed by atoms with Crippen molar-refractivity contribution >= 4 is 50.5 Å².